The van der Waals surface area contributed by atoms with Crippen molar-refractivity contribution in [2.45, 2.75) is 37.5 Å². The van der Waals surface area contributed by atoms with Gasteiger partial charge >= 0.3 is 0 Å². The fraction of sp³-hybridized carbons (Fsp3) is 0.240. The fourth-order valence-electron chi connectivity index (χ4n) is 4.46. The molecule has 182 valence electrons. The summed E-state index contributed by atoms with van der Waals surface area (Å²) in [6.45, 7) is 3.52. The van der Waals surface area contributed by atoms with Crippen LogP contribution in [0.2, 0.25) is 0 Å². The minimum atomic E-state index is -4.05. The minimum Gasteiger partial charge on any atom is -0.480 e. The zero-order valence-electron chi connectivity index (χ0n) is 19.8. The summed E-state index contributed by atoms with van der Waals surface area (Å²) >= 11 is 0. The third kappa shape index (κ3) is 3.46. The second-order valence-electron chi connectivity index (χ2n) is 8.70. The third-order valence-corrected chi connectivity index (χ3v) is 8.01. The van der Waals surface area contributed by atoms with Crippen LogP contribution in [0, 0.1) is 13.8 Å². The molecule has 1 aliphatic carbocycles. The van der Waals surface area contributed by atoms with Crippen LogP contribution in [0.1, 0.15) is 35.9 Å². The first-order valence-corrected chi connectivity index (χ1v) is 12.9. The molecule has 36 heavy (non-hydrogen) atoms. The van der Waals surface area contributed by atoms with Gasteiger partial charge in [0.2, 0.25) is 5.88 Å². The summed E-state index contributed by atoms with van der Waals surface area (Å²) in [4.78, 5) is 18.2. The number of hydrogen-bond acceptors (Lipinski definition) is 9. The molecule has 1 aromatic carbocycles. The first kappa shape index (κ1) is 22.4. The van der Waals surface area contributed by atoms with Crippen molar-refractivity contribution in [2.24, 2.45) is 0 Å². The van der Waals surface area contributed by atoms with Crippen molar-refractivity contribution in [3.05, 3.63) is 66.1 Å². The summed E-state index contributed by atoms with van der Waals surface area (Å²) in [5, 5.41) is 4.58. The Balaban J connectivity index is 1.67. The maximum atomic E-state index is 14.0. The van der Waals surface area contributed by atoms with Crippen LogP contribution in [-0.4, -0.2) is 44.6 Å². The highest BCUT2D eigenvalue weighted by molar-refractivity contribution is 7.90. The van der Waals surface area contributed by atoms with Gasteiger partial charge in [-0.3, -0.25) is 0 Å². The van der Waals surface area contributed by atoms with Crippen LogP contribution in [-0.2, 0) is 10.0 Å². The predicted octanol–water partition coefficient (Wildman–Crippen LogP) is 4.28. The van der Waals surface area contributed by atoms with Crippen molar-refractivity contribution >= 4 is 21.1 Å². The Bertz CT molecular complexity index is 1700. The summed E-state index contributed by atoms with van der Waals surface area (Å²) in [5.41, 5.74) is 3.17. The molecular weight excluding hydrogens is 480 g/mol. The number of ether oxygens (including phenoxy) is 1. The number of aromatic nitrogens is 6. The number of rotatable bonds is 6. The molecule has 6 rings (SSSR count). The van der Waals surface area contributed by atoms with Crippen LogP contribution < -0.4 is 4.74 Å². The first-order valence-electron chi connectivity index (χ1n) is 11.4. The van der Waals surface area contributed by atoms with E-state index >= 15 is 0 Å². The lowest BCUT2D eigenvalue weighted by Gasteiger charge is -2.13. The topological polar surface area (TPSA) is 126 Å². The van der Waals surface area contributed by atoms with Gasteiger partial charge in [-0.1, -0.05) is 23.4 Å². The predicted molar refractivity (Wildman–Crippen MR) is 131 cm³/mol. The second kappa shape index (κ2) is 8.23. The van der Waals surface area contributed by atoms with Crippen molar-refractivity contribution in [1.29, 1.82) is 0 Å². The lowest BCUT2D eigenvalue weighted by molar-refractivity contribution is 0.393. The Kier molecular flexibility index (Phi) is 5.11. The molecule has 1 aliphatic rings. The molecule has 0 saturated heterocycles. The Morgan fingerprint density at radius 1 is 1.06 bits per heavy atom. The Morgan fingerprint density at radius 3 is 2.50 bits per heavy atom. The SMILES string of the molecule is COc1ncnc(C2CC2)c1-c1ncc2cc(-c3c(C)noc3C)n(S(=O)(=O)c3ccccc3)c2n1. The molecule has 0 bridgehead atoms. The van der Waals surface area contributed by atoms with Crippen LogP contribution in [0.4, 0.5) is 0 Å². The number of benzene rings is 1. The van der Waals surface area contributed by atoms with Gasteiger partial charge in [-0.25, -0.2) is 32.3 Å². The van der Waals surface area contributed by atoms with Gasteiger partial charge < -0.3 is 9.26 Å². The second-order valence-corrected chi connectivity index (χ2v) is 10.5. The number of fused-ring (bicyclic) bond motifs is 1. The van der Waals surface area contributed by atoms with Crippen LogP contribution in [0.3, 0.4) is 0 Å². The molecule has 10 nitrogen and oxygen atoms in total. The average molecular weight is 503 g/mol. The van der Waals surface area contributed by atoms with Crippen molar-refractivity contribution in [2.75, 3.05) is 7.11 Å². The van der Waals surface area contributed by atoms with Gasteiger partial charge in [0.1, 0.15) is 17.7 Å². The van der Waals surface area contributed by atoms with E-state index in [-0.39, 0.29) is 16.5 Å². The quantitative estimate of drug-likeness (QED) is 0.334. The summed E-state index contributed by atoms with van der Waals surface area (Å²) in [6.07, 6.45) is 5.08. The van der Waals surface area contributed by atoms with Crippen molar-refractivity contribution in [3.8, 4) is 28.5 Å². The largest absolute Gasteiger partial charge is 0.480 e. The molecule has 0 unspecified atom stereocenters. The first-order chi connectivity index (χ1) is 17.4. The molecule has 0 atom stereocenters. The standard InChI is InChI=1S/C25H22N6O4S/c1-14-20(15(2)35-30-14)19-11-17-12-26-23(21-22(16-9-10-16)27-13-28-25(21)34-3)29-24(17)31(19)36(32,33)18-7-5-4-6-8-18/h4-8,11-13,16H,9-10H2,1-3H3. The zero-order valence-corrected chi connectivity index (χ0v) is 20.7. The monoisotopic (exact) mass is 502 g/mol. The Labute approximate surface area is 207 Å². The van der Waals surface area contributed by atoms with Gasteiger partial charge in [0.15, 0.2) is 11.5 Å². The van der Waals surface area contributed by atoms with Gasteiger partial charge in [0.25, 0.3) is 10.0 Å². The molecule has 0 radical (unpaired) electrons. The third-order valence-electron chi connectivity index (χ3n) is 6.29. The highest BCUT2D eigenvalue weighted by atomic mass is 32.2. The number of hydrogen-bond donors (Lipinski definition) is 0. The molecule has 5 aromatic rings. The molecule has 1 fully saturated rings. The van der Waals surface area contributed by atoms with Crippen LogP contribution >= 0.6 is 0 Å². The number of aryl methyl sites for hydroxylation is 2. The highest BCUT2D eigenvalue weighted by Gasteiger charge is 2.33. The van der Waals surface area contributed by atoms with E-state index in [4.69, 9.17) is 14.2 Å². The summed E-state index contributed by atoms with van der Waals surface area (Å²) < 4.78 is 40.1. The average Bonchev–Trinajstić information content (AvgIpc) is 3.59. The maximum absolute atomic E-state index is 14.0. The lowest BCUT2D eigenvalue weighted by atomic mass is 10.1. The van der Waals surface area contributed by atoms with Gasteiger partial charge in [0.05, 0.1) is 34.7 Å². The zero-order chi connectivity index (χ0) is 25.0. The van der Waals surface area contributed by atoms with E-state index in [2.05, 4.69) is 20.1 Å². The van der Waals surface area contributed by atoms with E-state index in [1.165, 1.54) is 17.4 Å². The van der Waals surface area contributed by atoms with E-state index in [9.17, 15) is 8.42 Å². The van der Waals surface area contributed by atoms with Crippen molar-refractivity contribution < 1.29 is 17.7 Å². The molecule has 4 aromatic heterocycles. The minimum absolute atomic E-state index is 0.134. The van der Waals surface area contributed by atoms with E-state index < -0.39 is 10.0 Å². The molecular formula is C25H22N6O4S. The lowest BCUT2D eigenvalue weighted by Crippen LogP contribution is -2.15. The Morgan fingerprint density at radius 2 is 1.83 bits per heavy atom. The molecule has 4 heterocycles. The molecule has 11 heteroatoms. The van der Waals surface area contributed by atoms with E-state index in [0.29, 0.717) is 45.4 Å². The number of methoxy groups -OCH3 is 1. The van der Waals surface area contributed by atoms with Crippen molar-refractivity contribution in [3.63, 3.8) is 0 Å². The molecule has 0 amide bonds. The molecule has 1 saturated carbocycles. The number of nitrogens with zero attached hydrogens (tertiary/aromatic N) is 6. The van der Waals surface area contributed by atoms with E-state index in [0.717, 1.165) is 18.5 Å². The molecule has 0 spiro atoms. The van der Waals surface area contributed by atoms with Gasteiger partial charge in [-0.15, -0.1) is 0 Å². The highest BCUT2D eigenvalue weighted by Crippen LogP contribution is 2.45. The summed E-state index contributed by atoms with van der Waals surface area (Å²) in [6, 6.07) is 9.99. The van der Waals surface area contributed by atoms with E-state index in [1.807, 2.05) is 0 Å². The van der Waals surface area contributed by atoms with Gasteiger partial charge in [0, 0.05) is 17.5 Å². The van der Waals surface area contributed by atoms with Crippen LogP contribution in [0.15, 0.2) is 58.3 Å². The molecule has 0 N–H and O–H groups in total. The normalized spacial score (nSPS) is 13.9. The van der Waals surface area contributed by atoms with Crippen molar-refractivity contribution in [1.82, 2.24) is 29.1 Å². The summed E-state index contributed by atoms with van der Waals surface area (Å²) in [5.74, 6) is 1.42. The molecule has 0 aliphatic heterocycles. The van der Waals surface area contributed by atoms with Crippen LogP contribution in [0.5, 0.6) is 5.88 Å². The Hall–Kier alpha value is -4.12. The van der Waals surface area contributed by atoms with Gasteiger partial charge in [-0.2, -0.15) is 0 Å². The van der Waals surface area contributed by atoms with Gasteiger partial charge in [-0.05, 0) is 44.9 Å². The van der Waals surface area contributed by atoms with Crippen LogP contribution in [0.25, 0.3) is 33.7 Å². The fourth-order valence-corrected chi connectivity index (χ4v) is 5.95. The van der Waals surface area contributed by atoms with E-state index in [1.54, 1.807) is 56.4 Å². The maximum Gasteiger partial charge on any atom is 0.269 e. The summed E-state index contributed by atoms with van der Waals surface area (Å²) in [7, 11) is -2.52. The smallest absolute Gasteiger partial charge is 0.269 e.